The van der Waals surface area contributed by atoms with Gasteiger partial charge in [0, 0.05) is 36.3 Å². The Balaban J connectivity index is 1.64. The number of hydrogen-bond acceptors (Lipinski definition) is 4. The largest absolute Gasteiger partial charge is 0.444 e. The quantitative estimate of drug-likeness (QED) is 0.443. The van der Waals surface area contributed by atoms with Gasteiger partial charge in [0.15, 0.2) is 0 Å². The number of piperidine rings is 1. The number of ether oxygens (including phenoxy) is 1. The molecule has 1 aromatic carbocycles. The van der Waals surface area contributed by atoms with Crippen LogP contribution in [0, 0.1) is 0 Å². The van der Waals surface area contributed by atoms with Gasteiger partial charge in [0.05, 0.1) is 0 Å². The van der Waals surface area contributed by atoms with E-state index in [1.54, 1.807) is 0 Å². The van der Waals surface area contributed by atoms with Gasteiger partial charge in [-0.25, -0.2) is 9.59 Å². The van der Waals surface area contributed by atoms with Crippen LogP contribution in [0.3, 0.4) is 0 Å². The number of nitrogens with zero attached hydrogens (tertiary/aromatic N) is 1. The summed E-state index contributed by atoms with van der Waals surface area (Å²) >= 11 is 1.90. The molecule has 2 rings (SSSR count). The topological polar surface area (TPSA) is 70.7 Å². The third-order valence-corrected chi connectivity index (χ3v) is 6.69. The molecule has 2 N–H and O–H groups in total. The number of thioether (sulfide) groups is 1. The van der Waals surface area contributed by atoms with E-state index < -0.39 is 5.60 Å². The van der Waals surface area contributed by atoms with Crippen LogP contribution in [0.4, 0.5) is 9.59 Å². The highest BCUT2D eigenvalue weighted by atomic mass is 32.2. The van der Waals surface area contributed by atoms with Crippen LogP contribution in [0.25, 0.3) is 0 Å². The van der Waals surface area contributed by atoms with Crippen LogP contribution in [-0.4, -0.2) is 54.1 Å². The maximum Gasteiger partial charge on any atom is 0.407 e. The number of carbonyl (C=O) groups is 2. The highest BCUT2D eigenvalue weighted by molar-refractivity contribution is 8.00. The molecule has 0 aromatic heterocycles. The molecule has 0 aliphatic carbocycles. The smallest absolute Gasteiger partial charge is 0.407 e. The van der Waals surface area contributed by atoms with Gasteiger partial charge in [-0.1, -0.05) is 38.3 Å². The molecule has 1 aliphatic heterocycles. The van der Waals surface area contributed by atoms with Crippen LogP contribution in [0.5, 0.6) is 0 Å². The zero-order chi connectivity index (χ0) is 23.4. The van der Waals surface area contributed by atoms with E-state index in [1.807, 2.05) is 37.4 Å². The first-order valence-electron chi connectivity index (χ1n) is 12.0. The Kier molecular flexibility index (Phi) is 11.2. The Morgan fingerprint density at radius 2 is 1.72 bits per heavy atom. The molecule has 1 aromatic rings. The van der Waals surface area contributed by atoms with Crippen molar-refractivity contribution in [1.82, 2.24) is 15.5 Å². The number of benzene rings is 1. The third-order valence-electron chi connectivity index (χ3n) is 5.34. The van der Waals surface area contributed by atoms with E-state index in [-0.39, 0.29) is 12.1 Å². The summed E-state index contributed by atoms with van der Waals surface area (Å²) in [7, 11) is 0. The van der Waals surface area contributed by atoms with Crippen LogP contribution < -0.4 is 10.6 Å². The lowest BCUT2D eigenvalue weighted by atomic mass is 10.1. The Morgan fingerprint density at radius 3 is 2.34 bits per heavy atom. The van der Waals surface area contributed by atoms with Gasteiger partial charge in [0.1, 0.15) is 5.60 Å². The van der Waals surface area contributed by atoms with E-state index in [1.165, 1.54) is 29.7 Å². The minimum Gasteiger partial charge on any atom is -0.444 e. The van der Waals surface area contributed by atoms with Crippen molar-refractivity contribution in [2.24, 2.45) is 0 Å². The monoisotopic (exact) mass is 463 g/mol. The fraction of sp³-hybridized carbons (Fsp3) is 0.680. The number of rotatable bonds is 10. The Bertz CT molecular complexity index is 695. The lowest BCUT2D eigenvalue weighted by Gasteiger charge is -2.31. The van der Waals surface area contributed by atoms with E-state index in [0.717, 1.165) is 45.3 Å². The molecule has 0 saturated carbocycles. The van der Waals surface area contributed by atoms with E-state index in [0.29, 0.717) is 11.8 Å². The van der Waals surface area contributed by atoms with Crippen molar-refractivity contribution in [3.63, 3.8) is 0 Å². The van der Waals surface area contributed by atoms with Crippen molar-refractivity contribution in [1.29, 1.82) is 0 Å². The predicted octanol–water partition coefficient (Wildman–Crippen LogP) is 5.60. The van der Waals surface area contributed by atoms with Crippen molar-refractivity contribution < 1.29 is 14.3 Å². The fourth-order valence-corrected chi connectivity index (χ4v) is 4.71. The summed E-state index contributed by atoms with van der Waals surface area (Å²) in [6.07, 6.45) is 7.16. The number of likely N-dealkylation sites (tertiary alicyclic amines) is 1. The Hall–Kier alpha value is -1.89. The molecular weight excluding hydrogens is 422 g/mol. The molecule has 0 unspecified atom stereocenters. The molecule has 0 spiro atoms. The molecule has 7 heteroatoms. The number of carbonyl (C=O) groups excluding carboxylic acids is 2. The standard InChI is InChI=1S/C25H41N3O3S/c1-5-6-7-8-16-26-23(29)28-18-14-22(15-19-28)32-21-11-9-20(10-12-21)13-17-27-24(30)31-25(2,3)4/h9-12,22H,5-8,13-19H2,1-4H3,(H,26,29)(H,27,30). The van der Waals surface area contributed by atoms with E-state index in [2.05, 4.69) is 41.8 Å². The number of alkyl carbamates (subject to hydrolysis) is 1. The summed E-state index contributed by atoms with van der Waals surface area (Å²) in [4.78, 5) is 27.2. The van der Waals surface area contributed by atoms with Gasteiger partial charge in [-0.15, -0.1) is 11.8 Å². The zero-order valence-electron chi connectivity index (χ0n) is 20.2. The number of unbranched alkanes of at least 4 members (excludes halogenated alkanes) is 3. The molecule has 1 aliphatic rings. The minimum atomic E-state index is -0.475. The van der Waals surface area contributed by atoms with Crippen LogP contribution in [-0.2, 0) is 11.2 Å². The summed E-state index contributed by atoms with van der Waals surface area (Å²) in [6.45, 7) is 10.8. The van der Waals surface area contributed by atoms with Crippen molar-refractivity contribution in [2.45, 2.75) is 88.4 Å². The van der Waals surface area contributed by atoms with Gasteiger partial charge >= 0.3 is 12.1 Å². The Morgan fingerprint density at radius 1 is 1.03 bits per heavy atom. The van der Waals surface area contributed by atoms with Gasteiger partial charge < -0.3 is 20.3 Å². The van der Waals surface area contributed by atoms with Gasteiger partial charge in [-0.05, 0) is 64.2 Å². The molecular formula is C25H41N3O3S. The zero-order valence-corrected chi connectivity index (χ0v) is 21.1. The van der Waals surface area contributed by atoms with E-state index in [9.17, 15) is 9.59 Å². The molecule has 180 valence electrons. The lowest BCUT2D eigenvalue weighted by Crippen LogP contribution is -2.45. The molecule has 1 fully saturated rings. The molecule has 0 radical (unpaired) electrons. The third kappa shape index (κ3) is 10.6. The van der Waals surface area contributed by atoms with Gasteiger partial charge in [0.2, 0.25) is 0 Å². The van der Waals surface area contributed by atoms with Crippen molar-refractivity contribution in [2.75, 3.05) is 26.2 Å². The van der Waals surface area contributed by atoms with E-state index in [4.69, 9.17) is 4.74 Å². The van der Waals surface area contributed by atoms with Crippen molar-refractivity contribution in [3.8, 4) is 0 Å². The average Bonchev–Trinajstić information content (AvgIpc) is 2.74. The normalized spacial score (nSPS) is 14.8. The summed E-state index contributed by atoms with van der Waals surface area (Å²) in [5.74, 6) is 0. The van der Waals surface area contributed by atoms with Gasteiger partial charge in [0.25, 0.3) is 0 Å². The SMILES string of the molecule is CCCCCCNC(=O)N1CCC(Sc2ccc(CCNC(=O)OC(C)(C)C)cc2)CC1. The summed E-state index contributed by atoms with van der Waals surface area (Å²) in [5, 5.41) is 6.41. The number of urea groups is 1. The molecule has 0 bridgehead atoms. The minimum absolute atomic E-state index is 0.0919. The second-order valence-corrected chi connectivity index (χ2v) is 10.8. The molecule has 32 heavy (non-hydrogen) atoms. The second kappa shape index (κ2) is 13.6. The highest BCUT2D eigenvalue weighted by Gasteiger charge is 2.23. The van der Waals surface area contributed by atoms with Crippen LogP contribution >= 0.6 is 11.8 Å². The highest BCUT2D eigenvalue weighted by Crippen LogP contribution is 2.30. The van der Waals surface area contributed by atoms with E-state index >= 15 is 0 Å². The maximum atomic E-state index is 12.3. The first-order valence-corrected chi connectivity index (χ1v) is 12.9. The van der Waals surface area contributed by atoms with Crippen LogP contribution in [0.1, 0.15) is 71.8 Å². The van der Waals surface area contributed by atoms with Crippen molar-refractivity contribution >= 4 is 23.9 Å². The number of amides is 3. The summed E-state index contributed by atoms with van der Waals surface area (Å²) in [6, 6.07) is 8.65. The average molecular weight is 464 g/mol. The number of hydrogen-bond donors (Lipinski definition) is 2. The fourth-order valence-electron chi connectivity index (χ4n) is 3.59. The molecule has 6 nitrogen and oxygen atoms in total. The summed E-state index contributed by atoms with van der Waals surface area (Å²) < 4.78 is 5.25. The maximum absolute atomic E-state index is 12.3. The lowest BCUT2D eigenvalue weighted by molar-refractivity contribution is 0.0528. The Labute approximate surface area is 198 Å². The first kappa shape index (κ1) is 26.4. The van der Waals surface area contributed by atoms with Crippen LogP contribution in [0.2, 0.25) is 0 Å². The molecule has 1 saturated heterocycles. The van der Waals surface area contributed by atoms with Gasteiger partial charge in [-0.3, -0.25) is 0 Å². The molecule has 1 heterocycles. The van der Waals surface area contributed by atoms with Crippen LogP contribution in [0.15, 0.2) is 29.2 Å². The summed E-state index contributed by atoms with van der Waals surface area (Å²) in [5.41, 5.74) is 0.716. The molecule has 3 amide bonds. The van der Waals surface area contributed by atoms with Gasteiger partial charge in [-0.2, -0.15) is 0 Å². The predicted molar refractivity (Wildman–Crippen MR) is 132 cm³/mol. The second-order valence-electron chi connectivity index (χ2n) is 9.42. The first-order chi connectivity index (χ1) is 15.3. The molecule has 0 atom stereocenters. The van der Waals surface area contributed by atoms with Crippen molar-refractivity contribution in [3.05, 3.63) is 29.8 Å². The number of nitrogens with one attached hydrogen (secondary N) is 2.